The van der Waals surface area contributed by atoms with E-state index in [1.54, 1.807) is 12.5 Å². The van der Waals surface area contributed by atoms with Gasteiger partial charge in [-0.1, -0.05) is 12.1 Å². The molecule has 1 N–H and O–H groups in total. The fraction of sp³-hybridized carbons (Fsp3) is 0.400. The summed E-state index contributed by atoms with van der Waals surface area (Å²) in [6, 6.07) is 0. The maximum Gasteiger partial charge on any atom is 0.358 e. The Hall–Kier alpha value is -2.18. The zero-order valence-electron chi connectivity index (χ0n) is 9.44. The van der Waals surface area contributed by atoms with E-state index in [0.29, 0.717) is 6.54 Å². The monoisotopic (exact) mass is 235 g/mol. The van der Waals surface area contributed by atoms with Crippen LogP contribution in [0.5, 0.6) is 0 Å². The Morgan fingerprint density at radius 1 is 1.53 bits per heavy atom. The van der Waals surface area contributed by atoms with Crippen LogP contribution in [0.4, 0.5) is 0 Å². The summed E-state index contributed by atoms with van der Waals surface area (Å²) in [6.45, 7) is 3.44. The predicted molar refractivity (Wildman–Crippen MR) is 58.6 cm³/mol. The summed E-state index contributed by atoms with van der Waals surface area (Å²) >= 11 is 0. The van der Waals surface area contributed by atoms with Crippen LogP contribution in [0.15, 0.2) is 18.7 Å². The minimum absolute atomic E-state index is 0.0495. The van der Waals surface area contributed by atoms with Crippen molar-refractivity contribution in [2.45, 2.75) is 26.4 Å². The molecule has 90 valence electrons. The Morgan fingerprint density at radius 3 is 3.00 bits per heavy atom. The second-order valence-electron chi connectivity index (χ2n) is 3.68. The van der Waals surface area contributed by atoms with Gasteiger partial charge in [0.2, 0.25) is 0 Å². The number of carbonyl (C=O) groups is 1. The lowest BCUT2D eigenvalue weighted by molar-refractivity contribution is 0.0690. The molecule has 7 nitrogen and oxygen atoms in total. The molecular weight excluding hydrogens is 222 g/mol. The van der Waals surface area contributed by atoms with E-state index in [1.807, 2.05) is 4.57 Å². The third-order valence-corrected chi connectivity index (χ3v) is 2.34. The number of hydrogen-bond donors (Lipinski definition) is 1. The van der Waals surface area contributed by atoms with E-state index >= 15 is 0 Å². The zero-order valence-corrected chi connectivity index (χ0v) is 9.44. The lowest BCUT2D eigenvalue weighted by atomic mass is 10.4. The summed E-state index contributed by atoms with van der Waals surface area (Å²) in [5.74, 6) is -1.07. The Morgan fingerprint density at radius 2 is 2.35 bits per heavy atom. The molecule has 0 saturated heterocycles. The average Bonchev–Trinajstić information content (AvgIpc) is 2.90. The summed E-state index contributed by atoms with van der Waals surface area (Å²) in [6.07, 6.45) is 5.93. The first-order valence-corrected chi connectivity index (χ1v) is 5.33. The van der Waals surface area contributed by atoms with E-state index in [2.05, 4.69) is 22.2 Å². The fourth-order valence-electron chi connectivity index (χ4n) is 1.56. The molecule has 2 aromatic heterocycles. The van der Waals surface area contributed by atoms with Gasteiger partial charge < -0.3 is 9.67 Å². The highest BCUT2D eigenvalue weighted by atomic mass is 16.4. The molecule has 2 rings (SSSR count). The maximum atomic E-state index is 10.7. The Bertz CT molecular complexity index is 516. The molecule has 2 heterocycles. The largest absolute Gasteiger partial charge is 0.476 e. The van der Waals surface area contributed by atoms with Gasteiger partial charge in [-0.05, 0) is 6.42 Å². The topological polar surface area (TPSA) is 85.8 Å². The Labute approximate surface area is 97.7 Å². The zero-order chi connectivity index (χ0) is 12.3. The van der Waals surface area contributed by atoms with Crippen LogP contribution in [0.25, 0.3) is 0 Å². The molecule has 2 aromatic rings. The van der Waals surface area contributed by atoms with Crippen LogP contribution < -0.4 is 0 Å². The van der Waals surface area contributed by atoms with Crippen molar-refractivity contribution in [3.63, 3.8) is 0 Å². The lowest BCUT2D eigenvalue weighted by Gasteiger charge is -2.05. The van der Waals surface area contributed by atoms with Crippen molar-refractivity contribution in [3.05, 3.63) is 30.1 Å². The van der Waals surface area contributed by atoms with Gasteiger partial charge in [-0.15, -0.1) is 5.10 Å². The van der Waals surface area contributed by atoms with E-state index < -0.39 is 5.97 Å². The Kier molecular flexibility index (Phi) is 3.17. The summed E-state index contributed by atoms with van der Waals surface area (Å²) in [4.78, 5) is 14.7. The Balaban J connectivity index is 2.13. The standard InChI is InChI=1S/C10H13N5O2/c1-2-3-14-7-11-4-8(14)5-15-6-9(10(16)17)12-13-15/h4,6-7H,2-3,5H2,1H3,(H,16,17). The smallest absolute Gasteiger partial charge is 0.358 e. The quantitative estimate of drug-likeness (QED) is 0.821. The number of aromatic nitrogens is 5. The number of aryl methyl sites for hydroxylation is 1. The molecule has 0 amide bonds. The summed E-state index contributed by atoms with van der Waals surface area (Å²) in [7, 11) is 0. The van der Waals surface area contributed by atoms with Crippen LogP contribution in [0.2, 0.25) is 0 Å². The van der Waals surface area contributed by atoms with Crippen LogP contribution in [-0.2, 0) is 13.1 Å². The molecule has 0 aliphatic heterocycles. The second-order valence-corrected chi connectivity index (χ2v) is 3.68. The molecule has 0 radical (unpaired) electrons. The number of rotatable bonds is 5. The first-order chi connectivity index (χ1) is 8.20. The SMILES string of the molecule is CCCn1cncc1Cn1cc(C(=O)O)nn1. The number of carboxylic acid groups (broad SMARTS) is 1. The summed E-state index contributed by atoms with van der Waals surface area (Å²) in [5, 5.41) is 16.0. The van der Waals surface area contributed by atoms with Gasteiger partial charge in [0.1, 0.15) is 0 Å². The van der Waals surface area contributed by atoms with Crippen molar-refractivity contribution >= 4 is 5.97 Å². The van der Waals surface area contributed by atoms with Crippen molar-refractivity contribution in [1.82, 2.24) is 24.5 Å². The molecule has 0 saturated carbocycles. The highest BCUT2D eigenvalue weighted by Crippen LogP contribution is 2.04. The summed E-state index contributed by atoms with van der Waals surface area (Å²) < 4.78 is 3.51. The first kappa shape index (κ1) is 11.3. The second kappa shape index (κ2) is 4.77. The van der Waals surface area contributed by atoms with Gasteiger partial charge in [0.15, 0.2) is 5.69 Å². The van der Waals surface area contributed by atoms with Crippen LogP contribution in [-0.4, -0.2) is 35.6 Å². The van der Waals surface area contributed by atoms with Gasteiger partial charge in [0.05, 0.1) is 31.0 Å². The van der Waals surface area contributed by atoms with E-state index in [0.717, 1.165) is 18.7 Å². The fourth-order valence-corrected chi connectivity index (χ4v) is 1.56. The number of hydrogen-bond acceptors (Lipinski definition) is 4. The number of aromatic carboxylic acids is 1. The van der Waals surface area contributed by atoms with Gasteiger partial charge >= 0.3 is 5.97 Å². The maximum absolute atomic E-state index is 10.7. The molecule has 0 unspecified atom stereocenters. The van der Waals surface area contributed by atoms with Crippen LogP contribution in [0, 0.1) is 0 Å². The molecule has 0 bridgehead atoms. The molecule has 0 fully saturated rings. The average molecular weight is 235 g/mol. The van der Waals surface area contributed by atoms with Crippen molar-refractivity contribution < 1.29 is 9.90 Å². The van der Waals surface area contributed by atoms with Gasteiger partial charge in [-0.2, -0.15) is 0 Å². The van der Waals surface area contributed by atoms with Gasteiger partial charge in [-0.3, -0.25) is 0 Å². The minimum Gasteiger partial charge on any atom is -0.476 e. The molecule has 7 heteroatoms. The lowest BCUT2D eigenvalue weighted by Crippen LogP contribution is -2.07. The van der Waals surface area contributed by atoms with Crippen LogP contribution in [0.3, 0.4) is 0 Å². The van der Waals surface area contributed by atoms with Gasteiger partial charge in [-0.25, -0.2) is 14.5 Å². The molecule has 0 spiro atoms. The van der Waals surface area contributed by atoms with Gasteiger partial charge in [0, 0.05) is 6.54 Å². The third-order valence-electron chi connectivity index (χ3n) is 2.34. The predicted octanol–water partition coefficient (Wildman–Crippen LogP) is 0.631. The first-order valence-electron chi connectivity index (χ1n) is 5.33. The highest BCUT2D eigenvalue weighted by molar-refractivity contribution is 5.84. The molecule has 0 aromatic carbocycles. The van der Waals surface area contributed by atoms with Crippen molar-refractivity contribution in [3.8, 4) is 0 Å². The molecule has 0 aliphatic rings. The molecule has 0 aliphatic carbocycles. The highest BCUT2D eigenvalue weighted by Gasteiger charge is 2.09. The summed E-state index contributed by atoms with van der Waals surface area (Å²) in [5.41, 5.74) is 0.931. The van der Waals surface area contributed by atoms with E-state index in [9.17, 15) is 4.79 Å². The van der Waals surface area contributed by atoms with E-state index in [1.165, 1.54) is 10.9 Å². The molecule has 17 heavy (non-hydrogen) atoms. The normalized spacial score (nSPS) is 10.6. The minimum atomic E-state index is -1.07. The van der Waals surface area contributed by atoms with Crippen LogP contribution in [0.1, 0.15) is 29.5 Å². The number of imidazole rings is 1. The van der Waals surface area contributed by atoms with Crippen LogP contribution >= 0.6 is 0 Å². The molecule has 0 atom stereocenters. The van der Waals surface area contributed by atoms with E-state index in [-0.39, 0.29) is 5.69 Å². The van der Waals surface area contributed by atoms with Crippen molar-refractivity contribution in [1.29, 1.82) is 0 Å². The van der Waals surface area contributed by atoms with Crippen molar-refractivity contribution in [2.24, 2.45) is 0 Å². The van der Waals surface area contributed by atoms with E-state index in [4.69, 9.17) is 5.11 Å². The van der Waals surface area contributed by atoms with Gasteiger partial charge in [0.25, 0.3) is 0 Å². The number of carboxylic acids is 1. The van der Waals surface area contributed by atoms with Crippen molar-refractivity contribution in [2.75, 3.05) is 0 Å². The number of nitrogens with zero attached hydrogens (tertiary/aromatic N) is 5. The molecular formula is C10H13N5O2. The third kappa shape index (κ3) is 2.49.